The zero-order valence-corrected chi connectivity index (χ0v) is 24.1. The molecule has 6 rings (SSSR count). The standard InChI is InChI=1S/C32H36B2O5/c1-29(2)30(3,4)37-33(36-29)23-17-21-13-9-11-15-25(21)27(19-23)35-28-20-24(18-22-14-10-12-16-26(22)28)34-38-31(5,6)32(7,8)39-34/h9-20H,1-8H3. The van der Waals surface area contributed by atoms with Gasteiger partial charge in [0.2, 0.25) is 0 Å². The monoisotopic (exact) mass is 522 g/mol. The van der Waals surface area contributed by atoms with E-state index >= 15 is 0 Å². The van der Waals surface area contributed by atoms with Crippen LogP contribution in [0.5, 0.6) is 11.5 Å². The summed E-state index contributed by atoms with van der Waals surface area (Å²) < 4.78 is 32.3. The van der Waals surface area contributed by atoms with Crippen molar-refractivity contribution in [3.05, 3.63) is 72.8 Å². The average Bonchev–Trinajstić information content (AvgIpc) is 3.23. The Morgan fingerprint density at radius 3 is 1.18 bits per heavy atom. The van der Waals surface area contributed by atoms with Gasteiger partial charge in [-0.1, -0.05) is 60.7 Å². The second kappa shape index (κ2) is 8.84. The van der Waals surface area contributed by atoms with Gasteiger partial charge in [-0.15, -0.1) is 0 Å². The van der Waals surface area contributed by atoms with Crippen LogP contribution in [0.3, 0.4) is 0 Å². The minimum absolute atomic E-state index is 0.433. The van der Waals surface area contributed by atoms with Gasteiger partial charge in [-0.05, 0) is 89.2 Å². The second-order valence-corrected chi connectivity index (χ2v) is 12.8. The molecular formula is C32H36B2O5. The molecule has 0 amide bonds. The molecule has 2 saturated heterocycles. The maximum absolute atomic E-state index is 6.79. The molecule has 0 unspecified atom stereocenters. The van der Waals surface area contributed by atoms with Crippen LogP contribution in [-0.4, -0.2) is 36.6 Å². The normalized spacial score (nSPS) is 21.1. The highest BCUT2D eigenvalue weighted by molar-refractivity contribution is 6.63. The van der Waals surface area contributed by atoms with Gasteiger partial charge in [0, 0.05) is 10.8 Å². The molecule has 0 bridgehead atoms. The predicted octanol–water partition coefficient (Wildman–Crippen LogP) is 6.38. The summed E-state index contributed by atoms with van der Waals surface area (Å²) in [6.07, 6.45) is 0. The van der Waals surface area contributed by atoms with Crippen LogP contribution < -0.4 is 15.7 Å². The van der Waals surface area contributed by atoms with Crippen molar-refractivity contribution in [2.75, 3.05) is 0 Å². The fourth-order valence-corrected chi connectivity index (χ4v) is 5.11. The van der Waals surface area contributed by atoms with E-state index in [0.717, 1.165) is 44.0 Å². The molecule has 7 heteroatoms. The van der Waals surface area contributed by atoms with Crippen LogP contribution in [0.25, 0.3) is 21.5 Å². The highest BCUT2D eigenvalue weighted by Gasteiger charge is 2.53. The highest BCUT2D eigenvalue weighted by atomic mass is 16.7. The molecule has 0 aromatic heterocycles. The maximum atomic E-state index is 6.79. The van der Waals surface area contributed by atoms with Crippen LogP contribution in [0.2, 0.25) is 0 Å². The van der Waals surface area contributed by atoms with Crippen LogP contribution in [0.15, 0.2) is 72.8 Å². The van der Waals surface area contributed by atoms with Gasteiger partial charge < -0.3 is 23.4 Å². The first-order valence-electron chi connectivity index (χ1n) is 13.7. The smallest absolute Gasteiger partial charge is 0.456 e. The van der Waals surface area contributed by atoms with E-state index < -0.39 is 36.6 Å². The van der Waals surface area contributed by atoms with Crippen LogP contribution in [0.4, 0.5) is 0 Å². The number of hydrogen-bond donors (Lipinski definition) is 0. The zero-order chi connectivity index (χ0) is 27.8. The van der Waals surface area contributed by atoms with Gasteiger partial charge in [0.15, 0.2) is 0 Å². The lowest BCUT2D eigenvalue weighted by molar-refractivity contribution is 0.00578. The highest BCUT2D eigenvalue weighted by Crippen LogP contribution is 2.40. The number of benzene rings is 4. The van der Waals surface area contributed by atoms with Gasteiger partial charge >= 0.3 is 14.2 Å². The zero-order valence-electron chi connectivity index (χ0n) is 24.1. The molecule has 4 aromatic rings. The molecule has 0 radical (unpaired) electrons. The van der Waals surface area contributed by atoms with Gasteiger partial charge in [0.25, 0.3) is 0 Å². The van der Waals surface area contributed by atoms with E-state index in [1.165, 1.54) is 0 Å². The van der Waals surface area contributed by atoms with E-state index in [-0.39, 0.29) is 0 Å². The second-order valence-electron chi connectivity index (χ2n) is 12.8. The molecule has 200 valence electrons. The van der Waals surface area contributed by atoms with E-state index in [4.69, 9.17) is 23.4 Å². The number of fused-ring (bicyclic) bond motifs is 2. The van der Waals surface area contributed by atoms with E-state index in [1.807, 2.05) is 36.4 Å². The van der Waals surface area contributed by atoms with Crippen LogP contribution in [0.1, 0.15) is 55.4 Å². The molecule has 0 N–H and O–H groups in total. The van der Waals surface area contributed by atoms with E-state index in [0.29, 0.717) is 0 Å². The van der Waals surface area contributed by atoms with Crippen molar-refractivity contribution < 1.29 is 23.4 Å². The Morgan fingerprint density at radius 2 is 0.821 bits per heavy atom. The molecule has 0 spiro atoms. The number of ether oxygens (including phenoxy) is 1. The summed E-state index contributed by atoms with van der Waals surface area (Å²) in [4.78, 5) is 0. The third-order valence-corrected chi connectivity index (χ3v) is 8.96. The van der Waals surface area contributed by atoms with Crippen molar-refractivity contribution in [1.29, 1.82) is 0 Å². The van der Waals surface area contributed by atoms with Crippen molar-refractivity contribution in [2.45, 2.75) is 77.8 Å². The molecule has 0 aliphatic carbocycles. The first-order chi connectivity index (χ1) is 18.3. The first-order valence-corrected chi connectivity index (χ1v) is 13.7. The van der Waals surface area contributed by atoms with E-state index in [9.17, 15) is 0 Å². The molecule has 0 saturated carbocycles. The Morgan fingerprint density at radius 1 is 0.487 bits per heavy atom. The van der Waals surface area contributed by atoms with E-state index in [1.54, 1.807) is 0 Å². The fraction of sp³-hybridized carbons (Fsp3) is 0.375. The summed E-state index contributed by atoms with van der Waals surface area (Å²) in [5.74, 6) is 1.49. The predicted molar refractivity (Wildman–Crippen MR) is 159 cm³/mol. The Labute approximate surface area is 232 Å². The average molecular weight is 522 g/mol. The van der Waals surface area contributed by atoms with Gasteiger partial charge in [-0.3, -0.25) is 0 Å². The third kappa shape index (κ3) is 4.46. The topological polar surface area (TPSA) is 46.2 Å². The Bertz CT molecular complexity index is 1430. The van der Waals surface area contributed by atoms with Crippen LogP contribution in [-0.2, 0) is 18.6 Å². The molecule has 0 atom stereocenters. The lowest BCUT2D eigenvalue weighted by atomic mass is 9.77. The lowest BCUT2D eigenvalue weighted by Gasteiger charge is -2.32. The van der Waals surface area contributed by atoms with Crippen molar-refractivity contribution >= 4 is 46.7 Å². The Hall–Kier alpha value is -2.83. The van der Waals surface area contributed by atoms with Gasteiger partial charge in [-0.25, -0.2) is 0 Å². The molecule has 2 aliphatic rings. The number of hydrogen-bond acceptors (Lipinski definition) is 5. The Balaban J connectivity index is 1.45. The summed E-state index contributed by atoms with van der Waals surface area (Å²) in [6, 6.07) is 24.8. The molecule has 4 aromatic carbocycles. The first kappa shape index (κ1) is 26.4. The molecule has 2 fully saturated rings. The quantitative estimate of drug-likeness (QED) is 0.291. The molecule has 2 aliphatic heterocycles. The summed E-state index contributed by atoms with van der Waals surface area (Å²) in [5, 5.41) is 4.16. The number of rotatable bonds is 4. The Kier molecular flexibility index (Phi) is 5.98. The third-order valence-electron chi connectivity index (χ3n) is 8.96. The van der Waals surface area contributed by atoms with Gasteiger partial charge in [0.1, 0.15) is 11.5 Å². The minimum atomic E-state index is -0.491. The summed E-state index contributed by atoms with van der Waals surface area (Å²) in [5.41, 5.74) is 0.118. The van der Waals surface area contributed by atoms with Crippen molar-refractivity contribution in [2.24, 2.45) is 0 Å². The van der Waals surface area contributed by atoms with Crippen LogP contribution >= 0.6 is 0 Å². The molecule has 39 heavy (non-hydrogen) atoms. The van der Waals surface area contributed by atoms with Gasteiger partial charge in [0.05, 0.1) is 22.4 Å². The molecule has 2 heterocycles. The SMILES string of the molecule is CC1(C)OB(c2cc(Oc3cc(B4OC(C)(C)C(C)(C)O4)cc4ccccc34)c3ccccc3c2)OC1(C)C. The summed E-state index contributed by atoms with van der Waals surface area (Å²) in [6.45, 7) is 16.5. The summed E-state index contributed by atoms with van der Waals surface area (Å²) >= 11 is 0. The minimum Gasteiger partial charge on any atom is -0.456 e. The van der Waals surface area contributed by atoms with Gasteiger partial charge in [-0.2, -0.15) is 0 Å². The van der Waals surface area contributed by atoms with Crippen molar-refractivity contribution in [1.82, 2.24) is 0 Å². The fourth-order valence-electron chi connectivity index (χ4n) is 5.11. The van der Waals surface area contributed by atoms with Crippen LogP contribution in [0, 0.1) is 0 Å². The molecule has 5 nitrogen and oxygen atoms in total. The van der Waals surface area contributed by atoms with Crippen molar-refractivity contribution in [3.8, 4) is 11.5 Å². The maximum Gasteiger partial charge on any atom is 0.494 e. The van der Waals surface area contributed by atoms with Crippen molar-refractivity contribution in [3.63, 3.8) is 0 Å². The lowest BCUT2D eigenvalue weighted by Crippen LogP contribution is -2.41. The summed E-state index contributed by atoms with van der Waals surface area (Å²) in [7, 11) is -0.982. The largest absolute Gasteiger partial charge is 0.494 e. The van der Waals surface area contributed by atoms with E-state index in [2.05, 4.69) is 91.8 Å². The molecular weight excluding hydrogens is 486 g/mol.